The molecule has 0 aliphatic carbocycles. The molecule has 2 unspecified atom stereocenters. The molecule has 1 aliphatic rings. The molecule has 1 fully saturated rings. The lowest BCUT2D eigenvalue weighted by atomic mass is 9.89. The summed E-state index contributed by atoms with van der Waals surface area (Å²) in [4.78, 5) is 9.63. The summed E-state index contributed by atoms with van der Waals surface area (Å²) in [6.07, 6.45) is 1.73. The molecule has 0 spiro atoms. The van der Waals surface area contributed by atoms with Crippen LogP contribution in [0.3, 0.4) is 0 Å². The van der Waals surface area contributed by atoms with Crippen LogP contribution in [-0.4, -0.2) is 34.6 Å². The van der Waals surface area contributed by atoms with E-state index in [-0.39, 0.29) is 12.0 Å². The van der Waals surface area contributed by atoms with Crippen molar-refractivity contribution in [2.45, 2.75) is 38.4 Å². The molecule has 0 amide bonds. The summed E-state index contributed by atoms with van der Waals surface area (Å²) >= 11 is 0. The fraction of sp³-hybridized carbons (Fsp3) is 0.333. The van der Waals surface area contributed by atoms with E-state index in [1.54, 1.807) is 37.8 Å². The van der Waals surface area contributed by atoms with Gasteiger partial charge < -0.3 is 15.4 Å². The van der Waals surface area contributed by atoms with Crippen molar-refractivity contribution in [3.8, 4) is 11.6 Å². The average Bonchev–Trinajstić information content (AvgIpc) is 3.38. The molecule has 0 radical (unpaired) electrons. The van der Waals surface area contributed by atoms with E-state index in [4.69, 9.17) is 10.5 Å². The fourth-order valence-electron chi connectivity index (χ4n) is 4.42. The van der Waals surface area contributed by atoms with Crippen LogP contribution in [0.2, 0.25) is 0 Å². The number of halogens is 3. The summed E-state index contributed by atoms with van der Waals surface area (Å²) in [5, 5.41) is 0. The third-order valence-corrected chi connectivity index (χ3v) is 6.15. The van der Waals surface area contributed by atoms with Crippen molar-refractivity contribution in [3.63, 3.8) is 0 Å². The molecule has 4 rings (SSSR count). The van der Waals surface area contributed by atoms with Gasteiger partial charge in [0, 0.05) is 31.6 Å². The second kappa shape index (κ2) is 8.80. The van der Waals surface area contributed by atoms with Gasteiger partial charge >= 0.3 is 6.18 Å². The van der Waals surface area contributed by atoms with E-state index in [1.807, 2.05) is 35.6 Å². The maximum absolute atomic E-state index is 13.5. The zero-order chi connectivity index (χ0) is 23.8. The summed E-state index contributed by atoms with van der Waals surface area (Å²) in [6, 6.07) is 9.33. The van der Waals surface area contributed by atoms with Crippen molar-refractivity contribution < 1.29 is 22.5 Å². The van der Waals surface area contributed by atoms with Crippen molar-refractivity contribution >= 4 is 5.70 Å². The molecule has 0 bridgehead atoms. The molecule has 2 aromatic heterocycles. The number of hydrogen-bond donors (Lipinski definition) is 2. The van der Waals surface area contributed by atoms with Crippen molar-refractivity contribution in [3.05, 3.63) is 77.6 Å². The normalized spacial score (nSPS) is 19.2. The SMILES string of the molecule is COc1nc(C(N)=CN2CCC(c3ccccc3C(F)(F)F)C2C)ccc1-[n+]1c[nH]c(C)c1. The van der Waals surface area contributed by atoms with Crippen LogP contribution >= 0.6 is 0 Å². The monoisotopic (exact) mass is 458 g/mol. The number of aromatic amines is 1. The zero-order valence-corrected chi connectivity index (χ0v) is 18.7. The van der Waals surface area contributed by atoms with Crippen molar-refractivity contribution in [2.75, 3.05) is 13.7 Å². The van der Waals surface area contributed by atoms with Crippen LogP contribution in [0.4, 0.5) is 13.2 Å². The Morgan fingerprint density at radius 3 is 2.70 bits per heavy atom. The number of rotatable bonds is 5. The number of nitrogens with zero attached hydrogens (tertiary/aromatic N) is 3. The molecule has 3 N–H and O–H groups in total. The van der Waals surface area contributed by atoms with Gasteiger partial charge in [0.25, 0.3) is 5.88 Å². The Morgan fingerprint density at radius 1 is 1.27 bits per heavy atom. The highest BCUT2D eigenvalue weighted by molar-refractivity contribution is 5.60. The minimum absolute atomic E-state index is 0.147. The molecule has 6 nitrogen and oxygen atoms in total. The number of nitrogens with one attached hydrogen (secondary N) is 1. The molecular weight excluding hydrogens is 431 g/mol. The number of likely N-dealkylation sites (tertiary alicyclic amines) is 1. The number of aromatic nitrogens is 3. The minimum atomic E-state index is -4.38. The van der Waals surface area contributed by atoms with E-state index in [0.29, 0.717) is 35.8 Å². The van der Waals surface area contributed by atoms with E-state index in [9.17, 15) is 13.2 Å². The van der Waals surface area contributed by atoms with Gasteiger partial charge in [-0.05, 0) is 37.1 Å². The molecule has 3 aromatic rings. The Bertz CT molecular complexity index is 1170. The van der Waals surface area contributed by atoms with E-state index in [2.05, 4.69) is 9.97 Å². The number of methoxy groups -OCH3 is 1. The molecular formula is C24H27F3N5O+. The van der Waals surface area contributed by atoms with Crippen LogP contribution < -0.4 is 15.0 Å². The third kappa shape index (κ3) is 4.53. The molecule has 1 saturated heterocycles. The van der Waals surface area contributed by atoms with Crippen LogP contribution in [0.25, 0.3) is 11.4 Å². The number of H-pyrrole nitrogens is 1. The van der Waals surface area contributed by atoms with Crippen molar-refractivity contribution in [1.82, 2.24) is 14.9 Å². The van der Waals surface area contributed by atoms with Crippen LogP contribution in [0, 0.1) is 6.92 Å². The van der Waals surface area contributed by atoms with E-state index >= 15 is 0 Å². The molecule has 2 atom stereocenters. The van der Waals surface area contributed by atoms with Gasteiger partial charge in [-0.3, -0.25) is 0 Å². The molecule has 33 heavy (non-hydrogen) atoms. The minimum Gasteiger partial charge on any atom is -0.478 e. The fourth-order valence-corrected chi connectivity index (χ4v) is 4.42. The molecule has 0 saturated carbocycles. The summed E-state index contributed by atoms with van der Waals surface area (Å²) in [5.41, 5.74) is 8.82. The van der Waals surface area contributed by atoms with Gasteiger partial charge in [0.15, 0.2) is 5.69 Å². The summed E-state index contributed by atoms with van der Waals surface area (Å²) < 4.78 is 47.9. The number of hydrogen-bond acceptors (Lipinski definition) is 4. The second-order valence-electron chi connectivity index (χ2n) is 8.26. The molecule has 9 heteroatoms. The van der Waals surface area contributed by atoms with Crippen LogP contribution in [-0.2, 0) is 6.18 Å². The predicted octanol–water partition coefficient (Wildman–Crippen LogP) is 4.16. The van der Waals surface area contributed by atoms with E-state index in [1.165, 1.54) is 6.07 Å². The summed E-state index contributed by atoms with van der Waals surface area (Å²) in [6.45, 7) is 4.48. The number of alkyl halides is 3. The summed E-state index contributed by atoms with van der Waals surface area (Å²) in [5.74, 6) is 0.171. The lowest BCUT2D eigenvalue weighted by Gasteiger charge is -2.26. The first-order valence-electron chi connectivity index (χ1n) is 10.7. The second-order valence-corrected chi connectivity index (χ2v) is 8.26. The Hall–Kier alpha value is -3.49. The van der Waals surface area contributed by atoms with Crippen LogP contribution in [0.15, 0.2) is 55.1 Å². The molecule has 1 aliphatic heterocycles. The van der Waals surface area contributed by atoms with E-state index in [0.717, 1.165) is 17.4 Å². The Morgan fingerprint density at radius 2 is 2.03 bits per heavy atom. The maximum atomic E-state index is 13.5. The summed E-state index contributed by atoms with van der Waals surface area (Å²) in [7, 11) is 1.54. The average molecular weight is 459 g/mol. The van der Waals surface area contributed by atoms with Gasteiger partial charge in [0.1, 0.15) is 11.9 Å². The predicted molar refractivity (Wildman–Crippen MR) is 119 cm³/mol. The highest BCUT2D eigenvalue weighted by Crippen LogP contribution is 2.41. The first-order chi connectivity index (χ1) is 15.7. The van der Waals surface area contributed by atoms with Gasteiger partial charge in [-0.1, -0.05) is 18.2 Å². The number of pyridine rings is 1. The molecule has 1 aromatic carbocycles. The van der Waals surface area contributed by atoms with Gasteiger partial charge in [0.05, 0.1) is 24.1 Å². The number of benzene rings is 1. The standard InChI is InChI=1S/C24H26F3N5O/c1-15-12-32(14-29-15)22-9-8-21(30-23(22)33-3)20(28)13-31-11-10-17(16(31)2)18-6-4-5-7-19(18)24(25,26)27/h4-9,12-14,16-17H,10-11,28H2,1-3H3/p+1. The number of aryl methyl sites for hydroxylation is 1. The zero-order valence-electron chi connectivity index (χ0n) is 18.7. The third-order valence-electron chi connectivity index (χ3n) is 6.15. The largest absolute Gasteiger partial charge is 0.478 e. The first kappa shape index (κ1) is 22.7. The Labute approximate surface area is 190 Å². The van der Waals surface area contributed by atoms with Crippen molar-refractivity contribution in [1.29, 1.82) is 0 Å². The Kier molecular flexibility index (Phi) is 6.05. The van der Waals surface area contributed by atoms with E-state index < -0.39 is 11.7 Å². The Balaban J connectivity index is 1.58. The van der Waals surface area contributed by atoms with Crippen molar-refractivity contribution in [2.24, 2.45) is 5.73 Å². The lowest BCUT2D eigenvalue weighted by Crippen LogP contribution is -2.28. The molecule has 3 heterocycles. The highest BCUT2D eigenvalue weighted by atomic mass is 19.4. The van der Waals surface area contributed by atoms with Gasteiger partial charge in [-0.25, -0.2) is 9.97 Å². The topological polar surface area (TPSA) is 71.1 Å². The van der Waals surface area contributed by atoms with Gasteiger partial charge in [-0.2, -0.15) is 17.7 Å². The van der Waals surface area contributed by atoms with Gasteiger partial charge in [-0.15, -0.1) is 0 Å². The maximum Gasteiger partial charge on any atom is 0.416 e. The number of imidazole rings is 1. The smallest absolute Gasteiger partial charge is 0.416 e. The van der Waals surface area contributed by atoms with Crippen LogP contribution in [0.5, 0.6) is 5.88 Å². The van der Waals surface area contributed by atoms with Gasteiger partial charge in [0.2, 0.25) is 6.33 Å². The van der Waals surface area contributed by atoms with Crippen LogP contribution in [0.1, 0.15) is 41.8 Å². The number of nitrogens with two attached hydrogens (primary N) is 1. The first-order valence-corrected chi connectivity index (χ1v) is 10.7. The lowest BCUT2D eigenvalue weighted by molar-refractivity contribution is -0.595. The number of ether oxygens (including phenoxy) is 1. The highest BCUT2D eigenvalue weighted by Gasteiger charge is 2.39. The quantitative estimate of drug-likeness (QED) is 0.564. The molecule has 174 valence electrons.